The third-order valence-electron chi connectivity index (χ3n) is 4.86. The zero-order chi connectivity index (χ0) is 21.3. The highest BCUT2D eigenvalue weighted by Gasteiger charge is 2.20. The zero-order valence-corrected chi connectivity index (χ0v) is 17.5. The Kier molecular flexibility index (Phi) is 7.52. The van der Waals surface area contributed by atoms with Crippen LogP contribution < -0.4 is 19.1 Å². The van der Waals surface area contributed by atoms with Gasteiger partial charge in [-0.25, -0.2) is 0 Å². The summed E-state index contributed by atoms with van der Waals surface area (Å²) in [6, 6.07) is 15.4. The Morgan fingerprint density at radius 1 is 1.13 bits per heavy atom. The molecule has 0 aliphatic carbocycles. The average Bonchev–Trinajstić information content (AvgIpc) is 3.22. The molecule has 0 N–H and O–H groups in total. The smallest absolute Gasteiger partial charge is 0.241 e. The minimum absolute atomic E-state index is 0.0444. The number of benzene rings is 2. The monoisotopic (exact) mass is 409 g/mol. The first-order valence-corrected chi connectivity index (χ1v) is 10.2. The SMILES string of the molecule is CCOc1ccc(N(CCC#N)C(=O)CN(CC)Cc2ccc3c(c2)OCO3)cc1. The second kappa shape index (κ2) is 10.5. The lowest BCUT2D eigenvalue weighted by molar-refractivity contribution is -0.119. The molecular formula is C23H27N3O4. The molecule has 2 aromatic carbocycles. The van der Waals surface area contributed by atoms with Crippen LogP contribution in [-0.4, -0.2) is 43.8 Å². The number of carbonyl (C=O) groups excluding carboxylic acids is 1. The van der Waals surface area contributed by atoms with E-state index in [2.05, 4.69) is 11.0 Å². The topological polar surface area (TPSA) is 75.0 Å². The molecule has 0 saturated heterocycles. The number of hydrogen-bond acceptors (Lipinski definition) is 6. The molecule has 0 bridgehead atoms. The first kappa shape index (κ1) is 21.5. The summed E-state index contributed by atoms with van der Waals surface area (Å²) < 4.78 is 16.3. The van der Waals surface area contributed by atoms with E-state index in [1.165, 1.54) is 0 Å². The molecule has 0 spiro atoms. The van der Waals surface area contributed by atoms with Crippen LogP contribution in [0.15, 0.2) is 42.5 Å². The van der Waals surface area contributed by atoms with Gasteiger partial charge in [-0.2, -0.15) is 5.26 Å². The van der Waals surface area contributed by atoms with Gasteiger partial charge in [0.1, 0.15) is 5.75 Å². The van der Waals surface area contributed by atoms with Gasteiger partial charge >= 0.3 is 0 Å². The molecule has 0 radical (unpaired) electrons. The molecule has 1 heterocycles. The minimum Gasteiger partial charge on any atom is -0.494 e. The van der Waals surface area contributed by atoms with Crippen LogP contribution in [0, 0.1) is 11.3 Å². The Balaban J connectivity index is 1.69. The molecule has 0 atom stereocenters. The summed E-state index contributed by atoms with van der Waals surface area (Å²) in [5.41, 5.74) is 1.82. The van der Waals surface area contributed by atoms with Crippen molar-refractivity contribution >= 4 is 11.6 Å². The fraction of sp³-hybridized carbons (Fsp3) is 0.391. The van der Waals surface area contributed by atoms with E-state index in [1.807, 2.05) is 56.3 Å². The lowest BCUT2D eigenvalue weighted by Gasteiger charge is -2.26. The fourth-order valence-electron chi connectivity index (χ4n) is 3.30. The Morgan fingerprint density at radius 3 is 2.60 bits per heavy atom. The molecule has 1 amide bonds. The average molecular weight is 409 g/mol. The lowest BCUT2D eigenvalue weighted by Crippen LogP contribution is -2.40. The van der Waals surface area contributed by atoms with Gasteiger partial charge in [-0.1, -0.05) is 13.0 Å². The van der Waals surface area contributed by atoms with Gasteiger partial charge in [0.2, 0.25) is 12.7 Å². The summed E-state index contributed by atoms with van der Waals surface area (Å²) in [5, 5.41) is 9.02. The number of nitrogens with zero attached hydrogens (tertiary/aromatic N) is 3. The van der Waals surface area contributed by atoms with Crippen LogP contribution in [0.25, 0.3) is 0 Å². The highest BCUT2D eigenvalue weighted by atomic mass is 16.7. The highest BCUT2D eigenvalue weighted by molar-refractivity contribution is 5.94. The van der Waals surface area contributed by atoms with Crippen molar-refractivity contribution in [2.45, 2.75) is 26.8 Å². The number of rotatable bonds is 10. The van der Waals surface area contributed by atoms with Crippen molar-refractivity contribution in [2.75, 3.05) is 37.9 Å². The molecule has 1 aliphatic heterocycles. The van der Waals surface area contributed by atoms with E-state index in [0.29, 0.717) is 19.7 Å². The molecule has 7 heteroatoms. The maximum atomic E-state index is 13.1. The Labute approximate surface area is 177 Å². The molecule has 1 aliphatic rings. The van der Waals surface area contributed by atoms with Crippen molar-refractivity contribution in [1.29, 1.82) is 5.26 Å². The third-order valence-corrected chi connectivity index (χ3v) is 4.86. The Bertz CT molecular complexity index is 892. The second-order valence-corrected chi connectivity index (χ2v) is 6.87. The van der Waals surface area contributed by atoms with E-state index in [9.17, 15) is 4.79 Å². The summed E-state index contributed by atoms with van der Waals surface area (Å²) in [6.07, 6.45) is 0.271. The van der Waals surface area contributed by atoms with Crippen molar-refractivity contribution in [1.82, 2.24) is 4.90 Å². The Morgan fingerprint density at radius 2 is 1.90 bits per heavy atom. The number of likely N-dealkylation sites (N-methyl/N-ethyl adjacent to an activating group) is 1. The van der Waals surface area contributed by atoms with Crippen LogP contribution >= 0.6 is 0 Å². The number of ether oxygens (including phenoxy) is 3. The van der Waals surface area contributed by atoms with Crippen molar-refractivity contribution in [3.8, 4) is 23.3 Å². The molecule has 0 saturated carbocycles. The molecule has 0 fully saturated rings. The van der Waals surface area contributed by atoms with Gasteiger partial charge in [0, 0.05) is 18.8 Å². The molecule has 158 valence electrons. The van der Waals surface area contributed by atoms with Crippen LogP contribution in [0.3, 0.4) is 0 Å². The third kappa shape index (κ3) is 5.43. The van der Waals surface area contributed by atoms with E-state index < -0.39 is 0 Å². The van der Waals surface area contributed by atoms with Crippen LogP contribution in [-0.2, 0) is 11.3 Å². The van der Waals surface area contributed by atoms with Gasteiger partial charge < -0.3 is 19.1 Å². The Hall–Kier alpha value is -3.24. The predicted octanol–water partition coefficient (Wildman–Crippen LogP) is 3.58. The normalized spacial score (nSPS) is 11.9. The summed E-state index contributed by atoms with van der Waals surface area (Å²) in [7, 11) is 0. The molecule has 0 aromatic heterocycles. The number of fused-ring (bicyclic) bond motifs is 1. The highest BCUT2D eigenvalue weighted by Crippen LogP contribution is 2.32. The van der Waals surface area contributed by atoms with Crippen LogP contribution in [0.1, 0.15) is 25.8 Å². The molecule has 7 nitrogen and oxygen atoms in total. The van der Waals surface area contributed by atoms with Gasteiger partial charge in [-0.3, -0.25) is 9.69 Å². The molecule has 0 unspecified atom stereocenters. The van der Waals surface area contributed by atoms with Gasteiger partial charge in [-0.05, 0) is 55.4 Å². The van der Waals surface area contributed by atoms with E-state index >= 15 is 0 Å². The second-order valence-electron chi connectivity index (χ2n) is 6.87. The predicted molar refractivity (Wildman–Crippen MR) is 114 cm³/mol. The van der Waals surface area contributed by atoms with E-state index in [4.69, 9.17) is 19.5 Å². The quantitative estimate of drug-likeness (QED) is 0.597. The number of anilines is 1. The first-order chi connectivity index (χ1) is 14.6. The molecule has 30 heavy (non-hydrogen) atoms. The molecule has 3 rings (SSSR count). The maximum Gasteiger partial charge on any atom is 0.241 e. The van der Waals surface area contributed by atoms with Crippen LogP contribution in [0.4, 0.5) is 5.69 Å². The number of carbonyl (C=O) groups is 1. The van der Waals surface area contributed by atoms with Crippen LogP contribution in [0.2, 0.25) is 0 Å². The first-order valence-electron chi connectivity index (χ1n) is 10.2. The minimum atomic E-state index is -0.0444. The number of hydrogen-bond donors (Lipinski definition) is 0. The number of amides is 1. The molecular weight excluding hydrogens is 382 g/mol. The summed E-state index contributed by atoms with van der Waals surface area (Å²) >= 11 is 0. The van der Waals surface area contributed by atoms with E-state index in [-0.39, 0.29) is 25.7 Å². The zero-order valence-electron chi connectivity index (χ0n) is 17.5. The van der Waals surface area contributed by atoms with E-state index in [0.717, 1.165) is 35.0 Å². The largest absolute Gasteiger partial charge is 0.494 e. The van der Waals surface area contributed by atoms with Crippen molar-refractivity contribution < 1.29 is 19.0 Å². The van der Waals surface area contributed by atoms with E-state index in [1.54, 1.807) is 4.90 Å². The van der Waals surface area contributed by atoms with Crippen LogP contribution in [0.5, 0.6) is 17.2 Å². The molecule has 2 aromatic rings. The van der Waals surface area contributed by atoms with Crippen molar-refractivity contribution in [3.63, 3.8) is 0 Å². The van der Waals surface area contributed by atoms with Gasteiger partial charge in [-0.15, -0.1) is 0 Å². The summed E-state index contributed by atoms with van der Waals surface area (Å²) in [6.45, 7) is 6.72. The van der Waals surface area contributed by atoms with Gasteiger partial charge in [0.05, 0.1) is 25.6 Å². The van der Waals surface area contributed by atoms with Crippen molar-refractivity contribution in [3.05, 3.63) is 48.0 Å². The van der Waals surface area contributed by atoms with Gasteiger partial charge in [0.25, 0.3) is 0 Å². The lowest BCUT2D eigenvalue weighted by atomic mass is 10.2. The van der Waals surface area contributed by atoms with Gasteiger partial charge in [0.15, 0.2) is 11.5 Å². The van der Waals surface area contributed by atoms with Crippen molar-refractivity contribution in [2.24, 2.45) is 0 Å². The fourth-order valence-corrected chi connectivity index (χ4v) is 3.30. The standard InChI is InChI=1S/C23H27N3O4/c1-3-25(15-18-6-11-21-22(14-18)30-17-29-21)16-23(27)26(13-5-12-24)19-7-9-20(10-8-19)28-4-2/h6-11,14H,3-5,13,15-17H2,1-2H3. The summed E-state index contributed by atoms with van der Waals surface area (Å²) in [5.74, 6) is 2.19. The number of nitriles is 1. The maximum absolute atomic E-state index is 13.1. The summed E-state index contributed by atoms with van der Waals surface area (Å²) in [4.78, 5) is 16.8.